The number of nitrogens with two attached hydrogens (primary N) is 1. The predicted octanol–water partition coefficient (Wildman–Crippen LogP) is 2.45. The van der Waals surface area contributed by atoms with E-state index in [1.165, 1.54) is 5.56 Å². The monoisotopic (exact) mass is 500 g/mol. The summed E-state index contributed by atoms with van der Waals surface area (Å²) in [6.07, 6.45) is 5.11. The molecule has 0 bridgehead atoms. The lowest BCUT2D eigenvalue weighted by atomic mass is 10.1. The molecule has 1 saturated heterocycles. The van der Waals surface area contributed by atoms with Gasteiger partial charge in [-0.3, -0.25) is 14.7 Å². The van der Waals surface area contributed by atoms with Gasteiger partial charge >= 0.3 is 0 Å². The lowest BCUT2D eigenvalue weighted by molar-refractivity contribution is 0.0996. The number of hydrogen-bond acceptors (Lipinski definition) is 9. The number of amides is 1. The Labute approximate surface area is 215 Å². The number of nitrogens with one attached hydrogen (secondary N) is 2. The number of hydrogen-bond donors (Lipinski definition) is 3. The Kier molecular flexibility index (Phi) is 6.72. The minimum absolute atomic E-state index is 0.0393. The summed E-state index contributed by atoms with van der Waals surface area (Å²) in [7, 11) is 5.82. The average molecular weight is 501 g/mol. The summed E-state index contributed by atoms with van der Waals surface area (Å²) >= 11 is 0. The SMILES string of the molecule is CNc1nc(Nc2ccc(CN3CCN(C)C(C)C3)cc2)c(C(N)=O)nc1-c1cncc2c1ncn2C. The number of aryl methyl sites for hydroxylation is 1. The number of imidazole rings is 1. The first kappa shape index (κ1) is 24.6. The van der Waals surface area contributed by atoms with Gasteiger partial charge in [0, 0.05) is 58.2 Å². The molecule has 1 unspecified atom stereocenters. The third kappa shape index (κ3) is 4.95. The zero-order valence-corrected chi connectivity index (χ0v) is 21.6. The quantitative estimate of drug-likeness (QED) is 0.350. The van der Waals surface area contributed by atoms with Crippen molar-refractivity contribution in [3.63, 3.8) is 0 Å². The fourth-order valence-electron chi connectivity index (χ4n) is 4.63. The number of primary amides is 1. The third-order valence-electron chi connectivity index (χ3n) is 6.93. The van der Waals surface area contributed by atoms with Gasteiger partial charge in [-0.05, 0) is 31.7 Å². The van der Waals surface area contributed by atoms with E-state index in [0.29, 0.717) is 28.6 Å². The van der Waals surface area contributed by atoms with Crippen LogP contribution in [0.15, 0.2) is 43.0 Å². The van der Waals surface area contributed by atoms with Crippen molar-refractivity contribution in [2.24, 2.45) is 12.8 Å². The number of piperazine rings is 1. The van der Waals surface area contributed by atoms with Gasteiger partial charge in [0.1, 0.15) is 11.2 Å². The number of nitrogens with zero attached hydrogens (tertiary/aromatic N) is 7. The molecule has 1 aliphatic rings. The second-order valence-electron chi connectivity index (χ2n) is 9.53. The van der Waals surface area contributed by atoms with Crippen molar-refractivity contribution < 1.29 is 4.79 Å². The predicted molar refractivity (Wildman–Crippen MR) is 145 cm³/mol. The number of rotatable bonds is 7. The number of benzene rings is 1. The van der Waals surface area contributed by atoms with Gasteiger partial charge in [-0.2, -0.15) is 0 Å². The maximum atomic E-state index is 12.4. The number of aromatic nitrogens is 5. The van der Waals surface area contributed by atoms with Crippen LogP contribution in [-0.2, 0) is 13.6 Å². The first-order valence-corrected chi connectivity index (χ1v) is 12.3. The Morgan fingerprint density at radius 3 is 2.59 bits per heavy atom. The van der Waals surface area contributed by atoms with Crippen LogP contribution in [0.25, 0.3) is 22.3 Å². The number of pyridine rings is 1. The van der Waals surface area contributed by atoms with Gasteiger partial charge in [0.2, 0.25) is 0 Å². The molecular formula is C26H32N10O. The maximum absolute atomic E-state index is 12.4. The highest BCUT2D eigenvalue weighted by molar-refractivity contribution is 5.99. The van der Waals surface area contributed by atoms with E-state index in [4.69, 9.17) is 5.73 Å². The Morgan fingerprint density at radius 1 is 1.11 bits per heavy atom. The second kappa shape index (κ2) is 10.1. The molecular weight excluding hydrogens is 468 g/mol. The molecule has 11 nitrogen and oxygen atoms in total. The molecule has 0 spiro atoms. The normalized spacial score (nSPS) is 16.7. The third-order valence-corrected chi connectivity index (χ3v) is 6.93. The number of fused-ring (bicyclic) bond motifs is 1. The Hall–Kier alpha value is -4.09. The van der Waals surface area contributed by atoms with Crippen molar-refractivity contribution in [2.75, 3.05) is 44.4 Å². The first-order chi connectivity index (χ1) is 17.8. The summed E-state index contributed by atoms with van der Waals surface area (Å²) in [5.74, 6) is 0.0801. The van der Waals surface area contributed by atoms with Gasteiger partial charge in [-0.15, -0.1) is 0 Å². The lowest BCUT2D eigenvalue weighted by Gasteiger charge is -2.37. The van der Waals surface area contributed by atoms with Crippen LogP contribution >= 0.6 is 0 Å². The molecule has 37 heavy (non-hydrogen) atoms. The molecule has 4 heterocycles. The van der Waals surface area contributed by atoms with Crippen LogP contribution in [0.5, 0.6) is 0 Å². The fourth-order valence-corrected chi connectivity index (χ4v) is 4.63. The number of carbonyl (C=O) groups excluding carboxylic acids is 1. The van der Waals surface area contributed by atoms with Crippen molar-refractivity contribution in [3.8, 4) is 11.3 Å². The van der Waals surface area contributed by atoms with E-state index >= 15 is 0 Å². The molecule has 1 fully saturated rings. The molecule has 1 aromatic carbocycles. The summed E-state index contributed by atoms with van der Waals surface area (Å²) in [5.41, 5.74) is 10.4. The molecule has 3 aromatic heterocycles. The van der Waals surface area contributed by atoms with Crippen molar-refractivity contribution in [1.29, 1.82) is 0 Å². The largest absolute Gasteiger partial charge is 0.371 e. The minimum atomic E-state index is -0.680. The Bertz CT molecular complexity index is 1430. The highest BCUT2D eigenvalue weighted by Gasteiger charge is 2.22. The van der Waals surface area contributed by atoms with Gasteiger partial charge in [-0.25, -0.2) is 15.0 Å². The van der Waals surface area contributed by atoms with Crippen molar-refractivity contribution >= 4 is 34.3 Å². The van der Waals surface area contributed by atoms with Crippen molar-refractivity contribution in [1.82, 2.24) is 34.3 Å². The highest BCUT2D eigenvalue weighted by Crippen LogP contribution is 2.32. The van der Waals surface area contributed by atoms with Crippen LogP contribution in [-0.4, -0.2) is 80.0 Å². The van der Waals surface area contributed by atoms with Crippen LogP contribution in [0.3, 0.4) is 0 Å². The zero-order chi connectivity index (χ0) is 26.1. The van der Waals surface area contributed by atoms with E-state index in [9.17, 15) is 4.79 Å². The fraction of sp³-hybridized carbons (Fsp3) is 0.346. The van der Waals surface area contributed by atoms with Gasteiger partial charge in [0.05, 0.1) is 23.6 Å². The van der Waals surface area contributed by atoms with Gasteiger partial charge in [0.25, 0.3) is 5.91 Å². The zero-order valence-electron chi connectivity index (χ0n) is 21.6. The molecule has 1 amide bonds. The molecule has 1 aliphatic heterocycles. The van der Waals surface area contributed by atoms with Crippen molar-refractivity contribution in [3.05, 3.63) is 54.2 Å². The number of carbonyl (C=O) groups is 1. The molecule has 0 saturated carbocycles. The second-order valence-corrected chi connectivity index (χ2v) is 9.53. The first-order valence-electron chi connectivity index (χ1n) is 12.3. The van der Waals surface area contributed by atoms with Crippen LogP contribution < -0.4 is 16.4 Å². The summed E-state index contributed by atoms with van der Waals surface area (Å²) < 4.78 is 1.87. The van der Waals surface area contributed by atoms with E-state index in [-0.39, 0.29) is 11.5 Å². The van der Waals surface area contributed by atoms with Gasteiger partial charge in [-0.1, -0.05) is 12.1 Å². The molecule has 1 atom stereocenters. The number of likely N-dealkylation sites (N-methyl/N-ethyl adjacent to an activating group) is 1. The highest BCUT2D eigenvalue weighted by atomic mass is 16.1. The molecule has 4 N–H and O–H groups in total. The topological polar surface area (TPSA) is 130 Å². The molecule has 4 aromatic rings. The van der Waals surface area contributed by atoms with Gasteiger partial charge in [0.15, 0.2) is 17.3 Å². The Morgan fingerprint density at radius 2 is 1.89 bits per heavy atom. The maximum Gasteiger partial charge on any atom is 0.271 e. The van der Waals surface area contributed by atoms with E-state index in [1.807, 2.05) is 23.7 Å². The van der Waals surface area contributed by atoms with Crippen LogP contribution in [0.4, 0.5) is 17.3 Å². The number of anilines is 3. The van der Waals surface area contributed by atoms with Crippen molar-refractivity contribution in [2.45, 2.75) is 19.5 Å². The minimum Gasteiger partial charge on any atom is -0.371 e. The lowest BCUT2D eigenvalue weighted by Crippen LogP contribution is -2.49. The summed E-state index contributed by atoms with van der Waals surface area (Å²) in [4.78, 5) is 35.4. The standard InChI is InChI=1S/C26H32N10O/c1-16-13-36(10-9-34(16)3)14-17-5-7-18(8-6-17)31-26-23(24(27)37)32-22(25(28-2)33-26)19-11-29-12-20-21(19)30-15-35(20)4/h5-8,11-12,15-16H,9-10,13-14H2,1-4H3,(H2,27,37)(H2,28,31,33). The average Bonchev–Trinajstić information content (AvgIpc) is 3.28. The molecule has 11 heteroatoms. The van der Waals surface area contributed by atoms with Gasteiger partial charge < -0.3 is 25.8 Å². The summed E-state index contributed by atoms with van der Waals surface area (Å²) in [6, 6.07) is 8.68. The molecule has 0 radical (unpaired) electrons. The van der Waals surface area contributed by atoms with E-state index < -0.39 is 5.91 Å². The molecule has 192 valence electrons. The van der Waals surface area contributed by atoms with E-state index in [2.05, 4.69) is 66.5 Å². The Balaban J connectivity index is 1.42. The summed E-state index contributed by atoms with van der Waals surface area (Å²) in [5, 5.41) is 6.30. The van der Waals surface area contributed by atoms with Crippen LogP contribution in [0.2, 0.25) is 0 Å². The molecule has 5 rings (SSSR count). The van der Waals surface area contributed by atoms with E-state index in [0.717, 1.165) is 37.4 Å². The smallest absolute Gasteiger partial charge is 0.271 e. The van der Waals surface area contributed by atoms with Crippen LogP contribution in [0.1, 0.15) is 23.0 Å². The van der Waals surface area contributed by atoms with Crippen LogP contribution in [0, 0.1) is 0 Å². The molecule has 0 aliphatic carbocycles. The van der Waals surface area contributed by atoms with E-state index in [1.54, 1.807) is 25.8 Å². The summed E-state index contributed by atoms with van der Waals surface area (Å²) in [6.45, 7) is 6.34.